The third-order valence-electron chi connectivity index (χ3n) is 4.02. The molecule has 0 aromatic rings. The SMILES string of the molecule is CC(C)C(=O)C1(C)C=C(C(C)(O)C(F)(F)F)C=CC1NC(=O)O. The van der Waals surface area contributed by atoms with Gasteiger partial charge >= 0.3 is 12.3 Å². The average molecular weight is 335 g/mol. The van der Waals surface area contributed by atoms with E-state index in [1.165, 1.54) is 6.92 Å². The zero-order valence-electron chi connectivity index (χ0n) is 13.2. The summed E-state index contributed by atoms with van der Waals surface area (Å²) in [6.07, 6.45) is -3.18. The highest BCUT2D eigenvalue weighted by Crippen LogP contribution is 2.42. The Kier molecular flexibility index (Phi) is 5.01. The molecule has 0 aromatic carbocycles. The van der Waals surface area contributed by atoms with Crippen molar-refractivity contribution in [3.8, 4) is 0 Å². The van der Waals surface area contributed by atoms with Gasteiger partial charge in [-0.25, -0.2) is 4.79 Å². The summed E-state index contributed by atoms with van der Waals surface area (Å²) in [6, 6.07) is -1.03. The number of carbonyl (C=O) groups is 2. The maximum atomic E-state index is 13.0. The van der Waals surface area contributed by atoms with Crippen LogP contribution >= 0.6 is 0 Å². The second-order valence-corrected chi connectivity index (χ2v) is 6.26. The lowest BCUT2D eigenvalue weighted by atomic mass is 9.69. The summed E-state index contributed by atoms with van der Waals surface area (Å²) in [4.78, 5) is 23.3. The van der Waals surface area contributed by atoms with Crippen molar-refractivity contribution in [3.63, 3.8) is 0 Å². The van der Waals surface area contributed by atoms with Crippen LogP contribution in [0.1, 0.15) is 27.7 Å². The number of ketones is 1. The fourth-order valence-electron chi connectivity index (χ4n) is 2.50. The molecule has 0 fully saturated rings. The molecule has 8 heteroatoms. The molecule has 0 saturated carbocycles. The van der Waals surface area contributed by atoms with Crippen LogP contribution in [0.3, 0.4) is 0 Å². The number of Topliss-reactive ketones (excluding diaryl/α,β-unsaturated/α-hetero) is 1. The van der Waals surface area contributed by atoms with Crippen molar-refractivity contribution in [2.24, 2.45) is 11.3 Å². The number of nitrogens with one attached hydrogen (secondary N) is 1. The molecule has 0 bridgehead atoms. The van der Waals surface area contributed by atoms with E-state index in [2.05, 4.69) is 5.32 Å². The fourth-order valence-corrected chi connectivity index (χ4v) is 2.50. The summed E-state index contributed by atoms with van der Waals surface area (Å²) in [5.74, 6) is -0.964. The first-order valence-electron chi connectivity index (χ1n) is 6.98. The Morgan fingerprint density at radius 2 is 1.87 bits per heavy atom. The summed E-state index contributed by atoms with van der Waals surface area (Å²) in [7, 11) is 0. The third-order valence-corrected chi connectivity index (χ3v) is 4.02. The zero-order valence-corrected chi connectivity index (χ0v) is 13.2. The summed E-state index contributed by atoms with van der Waals surface area (Å²) >= 11 is 0. The minimum Gasteiger partial charge on any atom is -0.465 e. The van der Waals surface area contributed by atoms with Crippen LogP contribution in [0.5, 0.6) is 0 Å². The Hall–Kier alpha value is -1.83. The van der Waals surface area contributed by atoms with Crippen molar-refractivity contribution in [1.29, 1.82) is 0 Å². The number of rotatable bonds is 4. The van der Waals surface area contributed by atoms with E-state index in [0.717, 1.165) is 18.2 Å². The second kappa shape index (κ2) is 5.99. The lowest BCUT2D eigenvalue weighted by molar-refractivity contribution is -0.236. The highest BCUT2D eigenvalue weighted by molar-refractivity contribution is 5.90. The van der Waals surface area contributed by atoms with Gasteiger partial charge in [0.15, 0.2) is 5.60 Å². The fraction of sp³-hybridized carbons (Fsp3) is 0.600. The van der Waals surface area contributed by atoms with Crippen LogP contribution < -0.4 is 5.32 Å². The smallest absolute Gasteiger partial charge is 0.421 e. The number of hydrogen-bond donors (Lipinski definition) is 3. The Morgan fingerprint density at radius 1 is 1.35 bits per heavy atom. The van der Waals surface area contributed by atoms with Gasteiger partial charge in [0.2, 0.25) is 0 Å². The molecule has 1 amide bonds. The maximum absolute atomic E-state index is 13.0. The van der Waals surface area contributed by atoms with Crippen LogP contribution in [0.15, 0.2) is 23.8 Å². The van der Waals surface area contributed by atoms with Crippen molar-refractivity contribution in [3.05, 3.63) is 23.8 Å². The van der Waals surface area contributed by atoms with Gasteiger partial charge in [-0.15, -0.1) is 0 Å². The normalized spacial score (nSPS) is 27.3. The van der Waals surface area contributed by atoms with Crippen molar-refractivity contribution in [1.82, 2.24) is 5.32 Å². The minimum absolute atomic E-state index is 0.434. The predicted molar refractivity (Wildman–Crippen MR) is 76.8 cm³/mol. The highest BCUT2D eigenvalue weighted by Gasteiger charge is 2.54. The van der Waals surface area contributed by atoms with Crippen molar-refractivity contribution in [2.45, 2.75) is 45.5 Å². The van der Waals surface area contributed by atoms with E-state index < -0.39 is 46.6 Å². The number of alkyl halides is 3. The van der Waals surface area contributed by atoms with Gasteiger partial charge in [0.05, 0.1) is 11.5 Å². The molecule has 1 aliphatic carbocycles. The standard InChI is InChI=1S/C15H20F3NO4/c1-8(2)11(20)13(3)7-9(14(4,23)15(16,17)18)5-6-10(13)19-12(21)22/h5-8,10,19,23H,1-4H3,(H,21,22). The van der Waals surface area contributed by atoms with E-state index in [9.17, 15) is 27.9 Å². The molecule has 0 radical (unpaired) electrons. The van der Waals surface area contributed by atoms with Gasteiger partial charge in [0.1, 0.15) is 5.78 Å². The van der Waals surface area contributed by atoms with E-state index in [-0.39, 0.29) is 0 Å². The first kappa shape index (κ1) is 19.2. The molecule has 0 heterocycles. The largest absolute Gasteiger partial charge is 0.465 e. The molecule has 0 saturated heterocycles. The number of amides is 1. The van der Waals surface area contributed by atoms with Gasteiger partial charge in [-0.1, -0.05) is 32.1 Å². The van der Waals surface area contributed by atoms with Crippen LogP contribution in [-0.4, -0.2) is 39.9 Å². The molecule has 0 aromatic heterocycles. The van der Waals surface area contributed by atoms with E-state index in [1.54, 1.807) is 13.8 Å². The first-order valence-corrected chi connectivity index (χ1v) is 6.98. The molecular formula is C15H20F3NO4. The van der Waals surface area contributed by atoms with Crippen LogP contribution in [-0.2, 0) is 4.79 Å². The van der Waals surface area contributed by atoms with Crippen LogP contribution in [0.25, 0.3) is 0 Å². The molecule has 3 unspecified atom stereocenters. The van der Waals surface area contributed by atoms with Crippen molar-refractivity contribution < 1.29 is 33.0 Å². The quantitative estimate of drug-likeness (QED) is 0.737. The summed E-state index contributed by atoms with van der Waals surface area (Å²) in [5, 5.41) is 20.8. The van der Waals surface area contributed by atoms with Gasteiger partial charge in [-0.2, -0.15) is 13.2 Å². The lowest BCUT2D eigenvalue weighted by Gasteiger charge is -2.39. The molecule has 1 aliphatic rings. The summed E-state index contributed by atoms with van der Waals surface area (Å²) in [5.41, 5.74) is -5.17. The van der Waals surface area contributed by atoms with Gasteiger partial charge in [-0.3, -0.25) is 4.79 Å². The summed E-state index contributed by atoms with van der Waals surface area (Å²) in [6.45, 7) is 5.08. The molecule has 0 spiro atoms. The number of halogens is 3. The van der Waals surface area contributed by atoms with Crippen molar-refractivity contribution in [2.75, 3.05) is 0 Å². The van der Waals surface area contributed by atoms with E-state index in [1.807, 2.05) is 0 Å². The molecule has 3 N–H and O–H groups in total. The van der Waals surface area contributed by atoms with Gasteiger partial charge in [-0.05, 0) is 19.4 Å². The first-order chi connectivity index (χ1) is 10.2. The number of carboxylic acid groups (broad SMARTS) is 1. The molecule has 130 valence electrons. The van der Waals surface area contributed by atoms with Gasteiger partial charge in [0.25, 0.3) is 0 Å². The molecule has 23 heavy (non-hydrogen) atoms. The van der Waals surface area contributed by atoms with E-state index in [0.29, 0.717) is 6.92 Å². The topological polar surface area (TPSA) is 86.6 Å². The third kappa shape index (κ3) is 3.57. The Balaban J connectivity index is 3.40. The van der Waals surface area contributed by atoms with Gasteiger partial charge in [0, 0.05) is 5.92 Å². The Labute approximate surface area is 131 Å². The number of carbonyl (C=O) groups excluding carboxylic acids is 1. The Bertz CT molecular complexity index is 564. The maximum Gasteiger partial charge on any atom is 0.421 e. The molecule has 1 rings (SSSR count). The number of aliphatic hydroxyl groups is 1. The van der Waals surface area contributed by atoms with Crippen LogP contribution in [0, 0.1) is 11.3 Å². The highest BCUT2D eigenvalue weighted by atomic mass is 19.4. The molecule has 0 aliphatic heterocycles. The van der Waals surface area contributed by atoms with E-state index >= 15 is 0 Å². The van der Waals surface area contributed by atoms with Crippen LogP contribution in [0.2, 0.25) is 0 Å². The van der Waals surface area contributed by atoms with E-state index in [4.69, 9.17) is 5.11 Å². The molecular weight excluding hydrogens is 315 g/mol. The second-order valence-electron chi connectivity index (χ2n) is 6.26. The monoisotopic (exact) mass is 335 g/mol. The zero-order chi connectivity index (χ0) is 18.2. The predicted octanol–water partition coefficient (Wildman–Crippen LogP) is 2.66. The van der Waals surface area contributed by atoms with Crippen LogP contribution in [0.4, 0.5) is 18.0 Å². The molecule has 3 atom stereocenters. The lowest BCUT2D eigenvalue weighted by Crippen LogP contribution is -2.52. The summed E-state index contributed by atoms with van der Waals surface area (Å²) < 4.78 is 39.1. The van der Waals surface area contributed by atoms with Crippen molar-refractivity contribution >= 4 is 11.9 Å². The molecule has 5 nitrogen and oxygen atoms in total. The van der Waals surface area contributed by atoms with Gasteiger partial charge < -0.3 is 15.5 Å². The Morgan fingerprint density at radius 3 is 2.26 bits per heavy atom. The number of hydrogen-bond acceptors (Lipinski definition) is 3. The average Bonchev–Trinajstić information content (AvgIpc) is 2.38. The minimum atomic E-state index is -4.93.